The van der Waals surface area contributed by atoms with Gasteiger partial charge >= 0.3 is 0 Å². The summed E-state index contributed by atoms with van der Waals surface area (Å²) >= 11 is 0. The van der Waals surface area contributed by atoms with Crippen LogP contribution in [0.1, 0.15) is 38.4 Å². The van der Waals surface area contributed by atoms with Gasteiger partial charge in [0, 0.05) is 18.6 Å². The van der Waals surface area contributed by atoms with Gasteiger partial charge in [-0.25, -0.2) is 4.98 Å². The minimum absolute atomic E-state index is 0.383. The van der Waals surface area contributed by atoms with Crippen LogP contribution < -0.4 is 11.1 Å². The van der Waals surface area contributed by atoms with E-state index in [1.807, 2.05) is 6.20 Å². The van der Waals surface area contributed by atoms with E-state index in [0.717, 1.165) is 12.6 Å². The number of nitrogens with two attached hydrogens (primary N) is 1. The summed E-state index contributed by atoms with van der Waals surface area (Å²) in [7, 11) is 0. The van der Waals surface area contributed by atoms with Gasteiger partial charge in [0.05, 0.1) is 11.9 Å². The molecule has 1 heterocycles. The highest BCUT2D eigenvalue weighted by Crippen LogP contribution is 2.20. The lowest BCUT2D eigenvalue weighted by molar-refractivity contribution is 0.556. The predicted octanol–water partition coefficient (Wildman–Crippen LogP) is 1.30. The summed E-state index contributed by atoms with van der Waals surface area (Å²) in [6, 6.07) is 1.11. The lowest BCUT2D eigenvalue weighted by Crippen LogP contribution is -2.19. The molecule has 0 aromatic carbocycles. The fraction of sp³-hybridized carbons (Fsp3) is 0.700. The van der Waals surface area contributed by atoms with Crippen LogP contribution in [0.5, 0.6) is 0 Å². The second-order valence-electron chi connectivity index (χ2n) is 4.23. The number of rotatable bonds is 4. The average Bonchev–Trinajstić information content (AvgIpc) is 2.86. The molecule has 0 amide bonds. The Morgan fingerprint density at radius 1 is 1.64 bits per heavy atom. The topological polar surface area (TPSA) is 55.9 Å². The third-order valence-corrected chi connectivity index (χ3v) is 2.57. The van der Waals surface area contributed by atoms with Gasteiger partial charge in [-0.05, 0) is 26.7 Å². The molecule has 1 fully saturated rings. The lowest BCUT2D eigenvalue weighted by atomic mass is 10.3. The van der Waals surface area contributed by atoms with Gasteiger partial charge < -0.3 is 15.6 Å². The Kier molecular flexibility index (Phi) is 2.46. The maximum atomic E-state index is 5.79. The van der Waals surface area contributed by atoms with Crippen LogP contribution in [0.3, 0.4) is 0 Å². The molecular weight excluding hydrogens is 176 g/mol. The summed E-state index contributed by atoms with van der Waals surface area (Å²) in [6.45, 7) is 5.13. The molecule has 14 heavy (non-hydrogen) atoms. The van der Waals surface area contributed by atoms with Crippen LogP contribution >= 0.6 is 0 Å². The molecule has 2 rings (SSSR count). The molecule has 1 aromatic rings. The van der Waals surface area contributed by atoms with Gasteiger partial charge in [0.2, 0.25) is 5.95 Å². The van der Waals surface area contributed by atoms with Gasteiger partial charge in [-0.2, -0.15) is 0 Å². The standard InChI is InChI=1S/C10H18N4/c1-7(2)14-9(6-13-10(14)11)5-12-8-3-4-8/h6-8,12H,3-5H2,1-2H3,(H2,11,13). The number of nitrogens with one attached hydrogen (secondary N) is 1. The molecule has 1 saturated carbocycles. The third-order valence-electron chi connectivity index (χ3n) is 2.57. The highest BCUT2D eigenvalue weighted by atomic mass is 15.2. The van der Waals surface area contributed by atoms with E-state index in [2.05, 4.69) is 28.7 Å². The molecule has 78 valence electrons. The van der Waals surface area contributed by atoms with Crippen LogP contribution in [0.2, 0.25) is 0 Å². The Hall–Kier alpha value is -1.03. The average molecular weight is 194 g/mol. The smallest absolute Gasteiger partial charge is 0.200 e. The van der Waals surface area contributed by atoms with Crippen molar-refractivity contribution in [3.63, 3.8) is 0 Å². The van der Waals surface area contributed by atoms with Crippen molar-refractivity contribution in [2.75, 3.05) is 5.73 Å². The minimum atomic E-state index is 0.383. The molecule has 4 heteroatoms. The van der Waals surface area contributed by atoms with Gasteiger partial charge in [0.15, 0.2) is 0 Å². The number of nitrogen functional groups attached to an aromatic ring is 1. The van der Waals surface area contributed by atoms with E-state index in [9.17, 15) is 0 Å². The molecule has 0 bridgehead atoms. The van der Waals surface area contributed by atoms with Crippen molar-refractivity contribution >= 4 is 5.95 Å². The molecule has 3 N–H and O–H groups in total. The second kappa shape index (κ2) is 3.61. The van der Waals surface area contributed by atoms with Crippen molar-refractivity contribution in [3.8, 4) is 0 Å². The molecule has 0 saturated heterocycles. The summed E-state index contributed by atoms with van der Waals surface area (Å²) in [5, 5.41) is 3.47. The molecule has 0 unspecified atom stereocenters. The number of anilines is 1. The zero-order chi connectivity index (χ0) is 10.1. The van der Waals surface area contributed by atoms with E-state index >= 15 is 0 Å². The Morgan fingerprint density at radius 2 is 2.36 bits per heavy atom. The van der Waals surface area contributed by atoms with E-state index in [1.54, 1.807) is 0 Å². The van der Waals surface area contributed by atoms with E-state index in [4.69, 9.17) is 5.73 Å². The first kappa shape index (κ1) is 9.52. The van der Waals surface area contributed by atoms with Crippen LogP contribution in [0.25, 0.3) is 0 Å². The maximum absolute atomic E-state index is 5.79. The van der Waals surface area contributed by atoms with Gasteiger partial charge in [0.1, 0.15) is 0 Å². The fourth-order valence-electron chi connectivity index (χ4n) is 1.68. The van der Waals surface area contributed by atoms with Crippen LogP contribution in [0, 0.1) is 0 Å². The Bertz CT molecular complexity index is 312. The lowest BCUT2D eigenvalue weighted by Gasteiger charge is -2.13. The Morgan fingerprint density at radius 3 is 2.93 bits per heavy atom. The van der Waals surface area contributed by atoms with Crippen LogP contribution in [0.15, 0.2) is 6.20 Å². The van der Waals surface area contributed by atoms with Crippen molar-refractivity contribution in [2.45, 2.75) is 45.3 Å². The zero-order valence-electron chi connectivity index (χ0n) is 8.83. The number of aromatic nitrogens is 2. The van der Waals surface area contributed by atoms with Crippen molar-refractivity contribution < 1.29 is 0 Å². The predicted molar refractivity (Wildman–Crippen MR) is 56.9 cm³/mol. The van der Waals surface area contributed by atoms with Crippen molar-refractivity contribution in [1.82, 2.24) is 14.9 Å². The zero-order valence-corrected chi connectivity index (χ0v) is 8.83. The van der Waals surface area contributed by atoms with Crippen molar-refractivity contribution in [3.05, 3.63) is 11.9 Å². The highest BCUT2D eigenvalue weighted by molar-refractivity contribution is 5.23. The van der Waals surface area contributed by atoms with E-state index < -0.39 is 0 Å². The first-order valence-corrected chi connectivity index (χ1v) is 5.23. The largest absolute Gasteiger partial charge is 0.369 e. The fourth-order valence-corrected chi connectivity index (χ4v) is 1.68. The molecule has 0 atom stereocenters. The molecule has 1 aliphatic carbocycles. The van der Waals surface area contributed by atoms with E-state index in [1.165, 1.54) is 18.5 Å². The summed E-state index contributed by atoms with van der Waals surface area (Å²) in [5.74, 6) is 0.618. The van der Waals surface area contributed by atoms with Crippen molar-refractivity contribution in [1.29, 1.82) is 0 Å². The number of hydrogen-bond acceptors (Lipinski definition) is 3. The first-order chi connectivity index (χ1) is 6.68. The molecule has 1 aromatic heterocycles. The molecular formula is C10H18N4. The second-order valence-corrected chi connectivity index (χ2v) is 4.23. The van der Waals surface area contributed by atoms with Gasteiger partial charge in [-0.3, -0.25) is 0 Å². The Balaban J connectivity index is 2.06. The quantitative estimate of drug-likeness (QED) is 0.759. The third kappa shape index (κ3) is 1.90. The van der Waals surface area contributed by atoms with Crippen LogP contribution in [-0.4, -0.2) is 15.6 Å². The monoisotopic (exact) mass is 194 g/mol. The van der Waals surface area contributed by atoms with Gasteiger partial charge in [-0.15, -0.1) is 0 Å². The Labute approximate surface area is 84.5 Å². The van der Waals surface area contributed by atoms with Crippen molar-refractivity contribution in [2.24, 2.45) is 0 Å². The molecule has 4 nitrogen and oxygen atoms in total. The van der Waals surface area contributed by atoms with E-state index in [-0.39, 0.29) is 0 Å². The number of nitrogens with zero attached hydrogens (tertiary/aromatic N) is 2. The molecule has 0 spiro atoms. The van der Waals surface area contributed by atoms with Gasteiger partial charge in [0.25, 0.3) is 0 Å². The summed E-state index contributed by atoms with van der Waals surface area (Å²) in [5.41, 5.74) is 6.97. The number of imidazole rings is 1. The number of hydrogen-bond donors (Lipinski definition) is 2. The van der Waals surface area contributed by atoms with Crippen LogP contribution in [-0.2, 0) is 6.54 Å². The SMILES string of the molecule is CC(C)n1c(CNC2CC2)cnc1N. The maximum Gasteiger partial charge on any atom is 0.200 e. The molecule has 0 aliphatic heterocycles. The molecule has 1 aliphatic rings. The van der Waals surface area contributed by atoms with E-state index in [0.29, 0.717) is 12.0 Å². The highest BCUT2D eigenvalue weighted by Gasteiger charge is 2.21. The van der Waals surface area contributed by atoms with Crippen LogP contribution in [0.4, 0.5) is 5.95 Å². The summed E-state index contributed by atoms with van der Waals surface area (Å²) < 4.78 is 2.08. The van der Waals surface area contributed by atoms with Gasteiger partial charge in [-0.1, -0.05) is 0 Å². The summed E-state index contributed by atoms with van der Waals surface area (Å²) in [6.07, 6.45) is 4.49. The summed E-state index contributed by atoms with van der Waals surface area (Å²) in [4.78, 5) is 4.14. The molecule has 0 radical (unpaired) electrons. The minimum Gasteiger partial charge on any atom is -0.369 e. The first-order valence-electron chi connectivity index (χ1n) is 5.23. The normalized spacial score (nSPS) is 16.5.